The molecule has 172 valence electrons. The summed E-state index contributed by atoms with van der Waals surface area (Å²) in [5, 5.41) is 10.8. The number of esters is 1. The van der Waals surface area contributed by atoms with Crippen molar-refractivity contribution in [3.63, 3.8) is 0 Å². The smallest absolute Gasteiger partial charge is 0.305 e. The van der Waals surface area contributed by atoms with Gasteiger partial charge in [-0.25, -0.2) is 0 Å². The maximum atomic E-state index is 11.5. The number of phenols is 1. The van der Waals surface area contributed by atoms with Crippen LogP contribution in [0.1, 0.15) is 48.4 Å². The SMILES string of the molecule is COC(=O)CCc1cc(Br)c(Oc2cc(C=Cc3ccncc3)c(O)c(C(C)C)c2)c(Br)c1. The minimum atomic E-state index is -0.250. The van der Waals surface area contributed by atoms with Gasteiger partial charge in [0.05, 0.1) is 16.1 Å². The van der Waals surface area contributed by atoms with Crippen LogP contribution in [0.4, 0.5) is 0 Å². The molecule has 0 fully saturated rings. The van der Waals surface area contributed by atoms with E-state index in [-0.39, 0.29) is 17.6 Å². The number of hydrogen-bond donors (Lipinski definition) is 1. The van der Waals surface area contributed by atoms with E-state index in [1.807, 2.05) is 62.4 Å². The Morgan fingerprint density at radius 1 is 1.09 bits per heavy atom. The summed E-state index contributed by atoms with van der Waals surface area (Å²) in [5.41, 5.74) is 3.41. The summed E-state index contributed by atoms with van der Waals surface area (Å²) in [6.07, 6.45) is 8.10. The lowest BCUT2D eigenvalue weighted by molar-refractivity contribution is -0.140. The Kier molecular flexibility index (Phi) is 8.69. The third-order valence-electron chi connectivity index (χ3n) is 5.05. The van der Waals surface area contributed by atoms with Gasteiger partial charge in [0, 0.05) is 29.9 Å². The molecule has 1 N–H and O–H groups in total. The molecule has 2 aromatic carbocycles. The number of aryl methyl sites for hydroxylation is 1. The standard InChI is InChI=1S/C26H25Br2NO4/c1-16(2)21-15-20(14-19(25(21)31)6-4-17-8-10-29-11-9-17)33-26-22(27)12-18(13-23(26)28)5-7-24(30)32-3/h4,6,8-16,31H,5,7H2,1-3H3. The van der Waals surface area contributed by atoms with E-state index < -0.39 is 0 Å². The van der Waals surface area contributed by atoms with Gasteiger partial charge in [-0.05, 0) is 91.7 Å². The molecule has 0 amide bonds. The average molecular weight is 575 g/mol. The largest absolute Gasteiger partial charge is 0.507 e. The van der Waals surface area contributed by atoms with Crippen molar-refractivity contribution in [3.8, 4) is 17.2 Å². The average Bonchev–Trinajstić information content (AvgIpc) is 2.80. The number of pyridine rings is 1. The highest BCUT2D eigenvalue weighted by Gasteiger charge is 2.16. The van der Waals surface area contributed by atoms with E-state index in [4.69, 9.17) is 9.47 Å². The molecule has 0 aliphatic rings. The minimum absolute atomic E-state index is 0.106. The van der Waals surface area contributed by atoms with Crippen LogP contribution in [-0.4, -0.2) is 23.2 Å². The fraction of sp³-hybridized carbons (Fsp3) is 0.231. The second-order valence-electron chi connectivity index (χ2n) is 7.79. The Bertz CT molecular complexity index is 1140. The Hall–Kier alpha value is -2.64. The fourth-order valence-corrected chi connectivity index (χ4v) is 4.70. The van der Waals surface area contributed by atoms with Crippen LogP contribution in [0, 0.1) is 0 Å². The van der Waals surface area contributed by atoms with Crippen molar-refractivity contribution in [1.82, 2.24) is 4.98 Å². The van der Waals surface area contributed by atoms with Crippen molar-refractivity contribution in [3.05, 3.63) is 80.0 Å². The number of aromatic nitrogens is 1. The third-order valence-corrected chi connectivity index (χ3v) is 6.23. The van der Waals surface area contributed by atoms with Gasteiger partial charge < -0.3 is 14.6 Å². The molecule has 3 rings (SSSR count). The van der Waals surface area contributed by atoms with Gasteiger partial charge in [-0.15, -0.1) is 0 Å². The van der Waals surface area contributed by atoms with E-state index >= 15 is 0 Å². The zero-order valence-electron chi connectivity index (χ0n) is 18.6. The lowest BCUT2D eigenvalue weighted by atomic mass is 9.98. The first-order chi connectivity index (χ1) is 15.8. The predicted molar refractivity (Wildman–Crippen MR) is 138 cm³/mol. The van der Waals surface area contributed by atoms with Crippen LogP contribution in [0.5, 0.6) is 17.2 Å². The van der Waals surface area contributed by atoms with Crippen molar-refractivity contribution < 1.29 is 19.4 Å². The zero-order chi connectivity index (χ0) is 24.0. The molecule has 33 heavy (non-hydrogen) atoms. The fourth-order valence-electron chi connectivity index (χ4n) is 3.26. The molecule has 0 bridgehead atoms. The number of carbonyl (C=O) groups is 1. The molecular formula is C26H25Br2NO4. The number of nitrogens with zero attached hydrogens (tertiary/aromatic N) is 1. The topological polar surface area (TPSA) is 68.7 Å². The molecule has 5 nitrogen and oxygen atoms in total. The Labute approximate surface area is 210 Å². The van der Waals surface area contributed by atoms with Gasteiger partial charge in [0.15, 0.2) is 5.75 Å². The predicted octanol–water partition coefficient (Wildman–Crippen LogP) is 7.50. The summed E-state index contributed by atoms with van der Waals surface area (Å²) in [4.78, 5) is 15.5. The summed E-state index contributed by atoms with van der Waals surface area (Å²) < 4.78 is 12.5. The van der Waals surface area contributed by atoms with E-state index in [9.17, 15) is 9.90 Å². The number of aromatic hydroxyl groups is 1. The highest BCUT2D eigenvalue weighted by molar-refractivity contribution is 9.11. The molecule has 0 saturated heterocycles. The number of hydrogen-bond acceptors (Lipinski definition) is 5. The van der Waals surface area contributed by atoms with E-state index in [1.165, 1.54) is 7.11 Å². The minimum Gasteiger partial charge on any atom is -0.507 e. The first kappa shape index (κ1) is 25.0. The van der Waals surface area contributed by atoms with Gasteiger partial charge in [0.1, 0.15) is 11.5 Å². The van der Waals surface area contributed by atoms with Crippen molar-refractivity contribution in [2.45, 2.75) is 32.6 Å². The van der Waals surface area contributed by atoms with Gasteiger partial charge in [-0.2, -0.15) is 0 Å². The van der Waals surface area contributed by atoms with E-state index in [2.05, 4.69) is 36.8 Å². The molecule has 1 heterocycles. The van der Waals surface area contributed by atoms with E-state index in [0.29, 0.717) is 29.9 Å². The molecule has 0 spiro atoms. The summed E-state index contributed by atoms with van der Waals surface area (Å²) >= 11 is 7.16. The van der Waals surface area contributed by atoms with Crippen LogP contribution in [0.25, 0.3) is 12.2 Å². The summed E-state index contributed by atoms with van der Waals surface area (Å²) in [7, 11) is 1.38. The molecule has 0 unspecified atom stereocenters. The second-order valence-corrected chi connectivity index (χ2v) is 9.49. The van der Waals surface area contributed by atoms with Crippen LogP contribution in [-0.2, 0) is 16.0 Å². The number of carbonyl (C=O) groups excluding carboxylic acids is 1. The number of methoxy groups -OCH3 is 1. The van der Waals surface area contributed by atoms with Crippen LogP contribution in [0.15, 0.2) is 57.7 Å². The molecule has 0 aliphatic heterocycles. The summed E-state index contributed by atoms with van der Waals surface area (Å²) in [6, 6.07) is 11.3. The summed E-state index contributed by atoms with van der Waals surface area (Å²) in [6.45, 7) is 4.05. The second kappa shape index (κ2) is 11.5. The quantitative estimate of drug-likeness (QED) is 0.282. The number of phenolic OH excluding ortho intramolecular Hbond substituents is 1. The van der Waals surface area contributed by atoms with Gasteiger partial charge in [0.25, 0.3) is 0 Å². The third kappa shape index (κ3) is 6.68. The van der Waals surface area contributed by atoms with Gasteiger partial charge in [-0.3, -0.25) is 9.78 Å². The highest BCUT2D eigenvalue weighted by atomic mass is 79.9. The molecule has 0 atom stereocenters. The lowest BCUT2D eigenvalue weighted by Gasteiger charge is -2.16. The molecule has 0 aliphatic carbocycles. The van der Waals surface area contributed by atoms with Crippen LogP contribution >= 0.6 is 31.9 Å². The van der Waals surface area contributed by atoms with Crippen LogP contribution in [0.3, 0.4) is 0 Å². The van der Waals surface area contributed by atoms with Gasteiger partial charge >= 0.3 is 5.97 Å². The number of ether oxygens (including phenoxy) is 2. The van der Waals surface area contributed by atoms with Crippen LogP contribution in [0.2, 0.25) is 0 Å². The van der Waals surface area contributed by atoms with Crippen molar-refractivity contribution in [2.75, 3.05) is 7.11 Å². The van der Waals surface area contributed by atoms with E-state index in [0.717, 1.165) is 25.6 Å². The van der Waals surface area contributed by atoms with Gasteiger partial charge in [-0.1, -0.05) is 26.0 Å². The van der Waals surface area contributed by atoms with Crippen molar-refractivity contribution in [2.24, 2.45) is 0 Å². The van der Waals surface area contributed by atoms with Crippen molar-refractivity contribution in [1.29, 1.82) is 0 Å². The van der Waals surface area contributed by atoms with E-state index in [1.54, 1.807) is 12.4 Å². The Morgan fingerprint density at radius 2 is 1.76 bits per heavy atom. The molecular weight excluding hydrogens is 550 g/mol. The first-order valence-electron chi connectivity index (χ1n) is 10.5. The van der Waals surface area contributed by atoms with Gasteiger partial charge in [0.2, 0.25) is 0 Å². The number of benzene rings is 2. The Balaban J connectivity index is 1.92. The zero-order valence-corrected chi connectivity index (χ0v) is 21.8. The molecule has 0 saturated carbocycles. The monoisotopic (exact) mass is 573 g/mol. The Morgan fingerprint density at radius 3 is 2.36 bits per heavy atom. The van der Waals surface area contributed by atoms with Crippen molar-refractivity contribution >= 4 is 50.0 Å². The van der Waals surface area contributed by atoms with Crippen LogP contribution < -0.4 is 4.74 Å². The molecule has 1 aromatic heterocycles. The molecule has 7 heteroatoms. The maximum Gasteiger partial charge on any atom is 0.305 e. The maximum absolute atomic E-state index is 11.5. The molecule has 3 aromatic rings. The lowest BCUT2D eigenvalue weighted by Crippen LogP contribution is -2.02. The molecule has 0 radical (unpaired) electrons. The number of rotatable bonds is 8. The summed E-state index contributed by atoms with van der Waals surface area (Å²) in [5.74, 6) is 1.31. The number of halogens is 2. The highest BCUT2D eigenvalue weighted by Crippen LogP contribution is 2.41. The normalized spacial score (nSPS) is 11.2. The first-order valence-corrected chi connectivity index (χ1v) is 12.0.